The number of carbonyl (C=O) groups excluding carboxylic acids is 1. The van der Waals surface area contributed by atoms with Gasteiger partial charge < -0.3 is 24.8 Å². The summed E-state index contributed by atoms with van der Waals surface area (Å²) < 4.78 is 10.8. The molecule has 4 fully saturated rings. The highest BCUT2D eigenvalue weighted by Crippen LogP contribution is 2.77. The molecule has 6 nitrogen and oxygen atoms in total. The fourth-order valence-electron chi connectivity index (χ4n) is 8.87. The Labute approximate surface area is 185 Å². The lowest BCUT2D eigenvalue weighted by molar-refractivity contribution is -0.175. The molecule has 3 N–H and O–H groups in total. The van der Waals surface area contributed by atoms with E-state index >= 15 is 0 Å². The summed E-state index contributed by atoms with van der Waals surface area (Å²) in [7, 11) is 1.35. The Balaban J connectivity index is 1.55. The van der Waals surface area contributed by atoms with Crippen molar-refractivity contribution in [1.29, 1.82) is 0 Å². The smallest absolute Gasteiger partial charge is 0.438 e. The first-order valence-corrected chi connectivity index (χ1v) is 12.2. The maximum Gasteiger partial charge on any atom is 0.508 e. The summed E-state index contributed by atoms with van der Waals surface area (Å²) in [6.45, 7) is 4.71. The van der Waals surface area contributed by atoms with E-state index in [1.807, 2.05) is 6.08 Å². The van der Waals surface area contributed by atoms with Crippen LogP contribution in [0.3, 0.4) is 0 Å². The largest absolute Gasteiger partial charge is 0.508 e. The van der Waals surface area contributed by atoms with E-state index < -0.39 is 17.9 Å². The average molecular weight is 435 g/mol. The topological polar surface area (TPSA) is 96.2 Å². The van der Waals surface area contributed by atoms with Crippen molar-refractivity contribution in [2.75, 3.05) is 13.7 Å². The highest BCUT2D eigenvalue weighted by Gasteiger charge is 2.77. The summed E-state index contributed by atoms with van der Waals surface area (Å²) in [5.74, 6) is 1.63. The van der Waals surface area contributed by atoms with E-state index in [-0.39, 0.29) is 29.5 Å². The zero-order valence-electron chi connectivity index (χ0n) is 19.0. The molecule has 0 aromatic carbocycles. The second-order valence-corrected chi connectivity index (χ2v) is 11.5. The minimum Gasteiger partial charge on any atom is -0.438 e. The van der Waals surface area contributed by atoms with Gasteiger partial charge >= 0.3 is 6.16 Å². The summed E-state index contributed by atoms with van der Waals surface area (Å²) >= 11 is 0. The molecule has 0 aromatic rings. The first-order chi connectivity index (χ1) is 14.7. The summed E-state index contributed by atoms with van der Waals surface area (Å²) in [5, 5.41) is 31.7. The van der Waals surface area contributed by atoms with Crippen LogP contribution in [0, 0.1) is 40.4 Å². The van der Waals surface area contributed by atoms with Crippen molar-refractivity contribution in [3.8, 4) is 0 Å². The van der Waals surface area contributed by atoms with Crippen molar-refractivity contribution >= 4 is 6.16 Å². The summed E-state index contributed by atoms with van der Waals surface area (Å²) in [6.07, 6.45) is 7.30. The molecule has 0 aliphatic heterocycles. The lowest BCUT2D eigenvalue weighted by Crippen LogP contribution is -2.60. The number of hydrogen-bond acceptors (Lipinski definition) is 6. The molecule has 5 aliphatic carbocycles. The van der Waals surface area contributed by atoms with Gasteiger partial charge in [-0.25, -0.2) is 4.79 Å². The molecule has 4 saturated carbocycles. The second-order valence-electron chi connectivity index (χ2n) is 11.5. The van der Waals surface area contributed by atoms with Gasteiger partial charge in [0.05, 0.1) is 18.8 Å². The minimum absolute atomic E-state index is 0.0113. The van der Waals surface area contributed by atoms with Gasteiger partial charge in [0.1, 0.15) is 6.10 Å². The van der Waals surface area contributed by atoms with Crippen LogP contribution in [0.15, 0.2) is 11.6 Å². The second kappa shape index (κ2) is 7.19. The van der Waals surface area contributed by atoms with Crippen LogP contribution in [0.1, 0.15) is 65.2 Å². The number of rotatable bonds is 4. The molecule has 5 aliphatic rings. The quantitative estimate of drug-likeness (QED) is 0.463. The third-order valence-electron chi connectivity index (χ3n) is 10.4. The molecule has 0 amide bonds. The van der Waals surface area contributed by atoms with Gasteiger partial charge in [-0.05, 0) is 74.0 Å². The van der Waals surface area contributed by atoms with Gasteiger partial charge in [-0.15, -0.1) is 0 Å². The number of methoxy groups -OCH3 is 1. The summed E-state index contributed by atoms with van der Waals surface area (Å²) in [4.78, 5) is 12.2. The van der Waals surface area contributed by atoms with Crippen LogP contribution in [-0.4, -0.2) is 53.0 Å². The van der Waals surface area contributed by atoms with Crippen molar-refractivity contribution in [2.45, 2.75) is 83.0 Å². The van der Waals surface area contributed by atoms with Gasteiger partial charge in [-0.1, -0.05) is 25.5 Å². The first-order valence-electron chi connectivity index (χ1n) is 12.2. The summed E-state index contributed by atoms with van der Waals surface area (Å²) in [5.41, 5.74) is 0.273. The van der Waals surface area contributed by atoms with E-state index in [4.69, 9.17) is 9.47 Å². The molecule has 0 heterocycles. The maximum absolute atomic E-state index is 12.2. The Morgan fingerprint density at radius 3 is 2.71 bits per heavy atom. The van der Waals surface area contributed by atoms with E-state index in [0.29, 0.717) is 42.9 Å². The molecule has 10 atom stereocenters. The zero-order valence-corrected chi connectivity index (χ0v) is 19.0. The molecular formula is C25H38O6. The molecule has 0 radical (unpaired) electrons. The normalized spacial score (nSPS) is 52.2. The standard InChI is InChI=1S/C25H38O6/c1-23-8-5-15(27)11-14(23)12-19(31-22(28)30-3)20-17(23)6-9-24(2)21(20)16-13-18(16)25(24,29)7-4-10-26/h11,15-21,26-27,29H,4-10,12-13H2,1-3H3/t15-,16+,17-,18-,19+,20-,21-,23-,24-,25-/m0/s1. The predicted octanol–water partition coefficient (Wildman–Crippen LogP) is 3.43. The summed E-state index contributed by atoms with van der Waals surface area (Å²) in [6, 6.07) is 0. The van der Waals surface area contributed by atoms with Gasteiger partial charge in [-0.2, -0.15) is 0 Å². The van der Waals surface area contributed by atoms with Crippen LogP contribution in [0.4, 0.5) is 4.79 Å². The molecular weight excluding hydrogens is 396 g/mol. The molecule has 6 heteroatoms. The van der Waals surface area contributed by atoms with Crippen LogP contribution < -0.4 is 0 Å². The molecule has 0 aromatic heterocycles. The van der Waals surface area contributed by atoms with E-state index in [2.05, 4.69) is 13.8 Å². The first kappa shape index (κ1) is 21.7. The molecule has 0 spiro atoms. The average Bonchev–Trinajstić information content (AvgIpc) is 3.50. The number of fused-ring (bicyclic) bond motifs is 7. The third kappa shape index (κ3) is 2.90. The van der Waals surface area contributed by atoms with Crippen molar-refractivity contribution in [3.63, 3.8) is 0 Å². The molecule has 0 unspecified atom stereocenters. The minimum atomic E-state index is -0.744. The Morgan fingerprint density at radius 2 is 2.00 bits per heavy atom. The zero-order chi connectivity index (χ0) is 22.2. The molecule has 0 saturated heterocycles. The Bertz CT molecular complexity index is 780. The van der Waals surface area contributed by atoms with Crippen molar-refractivity contribution in [3.05, 3.63) is 11.6 Å². The van der Waals surface area contributed by atoms with Crippen LogP contribution in [-0.2, 0) is 9.47 Å². The van der Waals surface area contributed by atoms with Crippen molar-refractivity contribution < 1.29 is 29.6 Å². The Morgan fingerprint density at radius 1 is 1.23 bits per heavy atom. The highest BCUT2D eigenvalue weighted by atomic mass is 16.7. The van der Waals surface area contributed by atoms with Gasteiger partial charge in [0.2, 0.25) is 0 Å². The number of carbonyl (C=O) groups is 1. The van der Waals surface area contributed by atoms with E-state index in [0.717, 1.165) is 32.1 Å². The number of aliphatic hydroxyl groups is 3. The number of ether oxygens (including phenoxy) is 2. The third-order valence-corrected chi connectivity index (χ3v) is 10.4. The number of aliphatic hydroxyl groups excluding tert-OH is 2. The predicted molar refractivity (Wildman–Crippen MR) is 114 cm³/mol. The van der Waals surface area contributed by atoms with Gasteiger partial charge in [0.15, 0.2) is 0 Å². The van der Waals surface area contributed by atoms with Crippen LogP contribution >= 0.6 is 0 Å². The fourth-order valence-corrected chi connectivity index (χ4v) is 8.87. The van der Waals surface area contributed by atoms with Gasteiger partial charge in [0.25, 0.3) is 0 Å². The molecule has 5 rings (SSSR count). The van der Waals surface area contributed by atoms with Gasteiger partial charge in [-0.3, -0.25) is 0 Å². The van der Waals surface area contributed by atoms with E-state index in [9.17, 15) is 20.1 Å². The van der Waals surface area contributed by atoms with E-state index in [1.165, 1.54) is 12.7 Å². The van der Waals surface area contributed by atoms with E-state index in [1.54, 1.807) is 0 Å². The lowest BCUT2D eigenvalue weighted by atomic mass is 9.44. The lowest BCUT2D eigenvalue weighted by Gasteiger charge is -2.62. The fraction of sp³-hybridized carbons (Fsp3) is 0.880. The highest BCUT2D eigenvalue weighted by molar-refractivity contribution is 5.60. The SMILES string of the molecule is COC(=O)O[C@@H]1CC2=C[C@@H](O)CC[C@]2(C)[C@H]2CC[C@@]3(C)[C@@H]([C@@H]4C[C@@H]4[C@@]3(O)CCCO)[C@H]12. The molecule has 31 heavy (non-hydrogen) atoms. The molecule has 0 bridgehead atoms. The van der Waals surface area contributed by atoms with Crippen LogP contribution in [0.25, 0.3) is 0 Å². The molecule has 174 valence electrons. The Kier molecular flexibility index (Phi) is 5.04. The van der Waals surface area contributed by atoms with Gasteiger partial charge in [0, 0.05) is 24.4 Å². The Hall–Kier alpha value is -1.11. The van der Waals surface area contributed by atoms with Crippen LogP contribution in [0.5, 0.6) is 0 Å². The van der Waals surface area contributed by atoms with Crippen LogP contribution in [0.2, 0.25) is 0 Å². The number of hydrogen-bond donors (Lipinski definition) is 3. The van der Waals surface area contributed by atoms with Crippen molar-refractivity contribution in [2.24, 2.45) is 40.4 Å². The monoisotopic (exact) mass is 434 g/mol. The maximum atomic E-state index is 12.2. The van der Waals surface area contributed by atoms with Crippen molar-refractivity contribution in [1.82, 2.24) is 0 Å².